The van der Waals surface area contributed by atoms with Gasteiger partial charge in [0.1, 0.15) is 12.2 Å². The summed E-state index contributed by atoms with van der Waals surface area (Å²) in [5, 5.41) is 26.8. The Labute approximate surface area is 194 Å². The standard InChI is InChI=1S/C23H23N7O4/c1-24-22(33)18-16(31)17(32)23(34-18)30-12-27-15-20(26-11-13-5-3-2-4-6-13)28-19(29-21(15)30)14-7-9-25-10-8-14/h2-10,12,16-18,23,31-32H,11H2,1H3,(H,24,33)(H,26,28,29). The van der Waals surface area contributed by atoms with Crippen molar-refractivity contribution in [2.45, 2.75) is 31.1 Å². The maximum atomic E-state index is 12.1. The van der Waals surface area contributed by atoms with Crippen LogP contribution in [0.15, 0.2) is 61.2 Å². The fourth-order valence-electron chi connectivity index (χ4n) is 3.89. The van der Waals surface area contributed by atoms with Crippen LogP contribution in [0.2, 0.25) is 0 Å². The molecule has 5 rings (SSSR count). The third kappa shape index (κ3) is 3.96. The highest BCUT2D eigenvalue weighted by Crippen LogP contribution is 2.33. The summed E-state index contributed by atoms with van der Waals surface area (Å²) in [4.78, 5) is 29.9. The maximum Gasteiger partial charge on any atom is 0.251 e. The number of amides is 1. The molecule has 1 aliphatic heterocycles. The molecule has 0 aliphatic carbocycles. The minimum absolute atomic E-state index is 0.381. The van der Waals surface area contributed by atoms with Crippen LogP contribution < -0.4 is 10.6 Å². The summed E-state index contributed by atoms with van der Waals surface area (Å²) < 4.78 is 7.23. The van der Waals surface area contributed by atoms with E-state index in [4.69, 9.17) is 4.74 Å². The number of carbonyl (C=O) groups excluding carboxylic acids is 1. The van der Waals surface area contributed by atoms with E-state index in [1.54, 1.807) is 24.5 Å². The number of fused-ring (bicyclic) bond motifs is 1. The van der Waals surface area contributed by atoms with Gasteiger partial charge in [0.25, 0.3) is 5.91 Å². The molecule has 0 saturated carbocycles. The average Bonchev–Trinajstić information content (AvgIpc) is 3.44. The van der Waals surface area contributed by atoms with E-state index in [1.165, 1.54) is 17.9 Å². The first-order valence-electron chi connectivity index (χ1n) is 10.7. The molecule has 1 saturated heterocycles. The summed E-state index contributed by atoms with van der Waals surface area (Å²) >= 11 is 0. The highest BCUT2D eigenvalue weighted by molar-refractivity contribution is 5.85. The monoisotopic (exact) mass is 461 g/mol. The van der Waals surface area contributed by atoms with E-state index in [0.29, 0.717) is 29.4 Å². The number of hydrogen-bond donors (Lipinski definition) is 4. The molecule has 1 aliphatic rings. The lowest BCUT2D eigenvalue weighted by Gasteiger charge is -2.17. The summed E-state index contributed by atoms with van der Waals surface area (Å²) in [6, 6.07) is 13.4. The molecule has 0 bridgehead atoms. The molecule has 4 heterocycles. The third-order valence-electron chi connectivity index (χ3n) is 5.68. The number of benzene rings is 1. The number of ether oxygens (including phenoxy) is 1. The van der Waals surface area contributed by atoms with Gasteiger partial charge in [-0.2, -0.15) is 0 Å². The molecule has 4 unspecified atom stereocenters. The van der Waals surface area contributed by atoms with E-state index in [-0.39, 0.29) is 0 Å². The SMILES string of the molecule is CNC(=O)C1OC(n2cnc3c(NCc4ccccc4)nc(-c4ccncc4)nc32)C(O)C1O. The fourth-order valence-corrected chi connectivity index (χ4v) is 3.89. The number of rotatable bonds is 6. The number of anilines is 1. The van der Waals surface area contributed by atoms with Crippen molar-refractivity contribution in [2.75, 3.05) is 12.4 Å². The Balaban J connectivity index is 1.57. The van der Waals surface area contributed by atoms with Crippen molar-refractivity contribution in [3.63, 3.8) is 0 Å². The number of imidazole rings is 1. The van der Waals surface area contributed by atoms with Crippen LogP contribution in [0.3, 0.4) is 0 Å². The van der Waals surface area contributed by atoms with Gasteiger partial charge in [0.2, 0.25) is 0 Å². The summed E-state index contributed by atoms with van der Waals surface area (Å²) in [6.07, 6.45) is -0.309. The molecule has 11 heteroatoms. The molecule has 3 aromatic heterocycles. The Hall–Kier alpha value is -3.93. The lowest BCUT2D eigenvalue weighted by molar-refractivity contribution is -0.137. The van der Waals surface area contributed by atoms with Crippen molar-refractivity contribution in [3.8, 4) is 11.4 Å². The number of nitrogens with one attached hydrogen (secondary N) is 2. The molecule has 4 aromatic rings. The molecule has 174 valence electrons. The fraction of sp³-hybridized carbons (Fsp3) is 0.261. The molecule has 34 heavy (non-hydrogen) atoms. The smallest absolute Gasteiger partial charge is 0.251 e. The number of carbonyl (C=O) groups is 1. The highest BCUT2D eigenvalue weighted by atomic mass is 16.6. The summed E-state index contributed by atoms with van der Waals surface area (Å²) in [6.45, 7) is 0.510. The van der Waals surface area contributed by atoms with Gasteiger partial charge in [-0.15, -0.1) is 0 Å². The molecular weight excluding hydrogens is 438 g/mol. The summed E-state index contributed by atoms with van der Waals surface area (Å²) in [5.74, 6) is 0.384. The van der Waals surface area contributed by atoms with E-state index in [0.717, 1.165) is 11.1 Å². The van der Waals surface area contributed by atoms with Crippen LogP contribution in [0.4, 0.5) is 5.82 Å². The third-order valence-corrected chi connectivity index (χ3v) is 5.68. The van der Waals surface area contributed by atoms with Crippen molar-refractivity contribution in [2.24, 2.45) is 0 Å². The first-order chi connectivity index (χ1) is 16.6. The van der Waals surface area contributed by atoms with Gasteiger partial charge in [-0.1, -0.05) is 30.3 Å². The number of aromatic nitrogens is 5. The largest absolute Gasteiger partial charge is 0.387 e. The van der Waals surface area contributed by atoms with Crippen LogP contribution in [0.5, 0.6) is 0 Å². The average molecular weight is 461 g/mol. The van der Waals surface area contributed by atoms with Gasteiger partial charge in [-0.05, 0) is 17.7 Å². The topological polar surface area (TPSA) is 147 Å². The second kappa shape index (κ2) is 9.14. The van der Waals surface area contributed by atoms with Crippen LogP contribution in [0.1, 0.15) is 11.8 Å². The lowest BCUT2D eigenvalue weighted by Crippen LogP contribution is -2.41. The minimum Gasteiger partial charge on any atom is -0.387 e. The molecule has 4 atom stereocenters. The van der Waals surface area contributed by atoms with Crippen molar-refractivity contribution in [3.05, 3.63) is 66.7 Å². The molecule has 0 radical (unpaired) electrons. The lowest BCUT2D eigenvalue weighted by atomic mass is 10.1. The van der Waals surface area contributed by atoms with Crippen LogP contribution >= 0.6 is 0 Å². The van der Waals surface area contributed by atoms with Gasteiger partial charge in [0.15, 0.2) is 35.1 Å². The zero-order valence-corrected chi connectivity index (χ0v) is 18.2. The van der Waals surface area contributed by atoms with Gasteiger partial charge < -0.3 is 25.6 Å². The second-order valence-corrected chi connectivity index (χ2v) is 7.84. The van der Waals surface area contributed by atoms with Crippen LogP contribution in [0, 0.1) is 0 Å². The molecule has 1 fully saturated rings. The number of likely N-dealkylation sites (N-methyl/N-ethyl adjacent to an activating group) is 1. The molecule has 0 spiro atoms. The van der Waals surface area contributed by atoms with Crippen molar-refractivity contribution < 1.29 is 19.7 Å². The first kappa shape index (κ1) is 21.9. The zero-order chi connectivity index (χ0) is 23.7. The highest BCUT2D eigenvalue weighted by Gasteiger charge is 2.47. The Kier molecular flexibility index (Phi) is 5.88. The Morgan fingerprint density at radius 1 is 1.09 bits per heavy atom. The number of nitrogens with zero attached hydrogens (tertiary/aromatic N) is 5. The second-order valence-electron chi connectivity index (χ2n) is 7.84. The molecular formula is C23H23N7O4. The van der Waals surface area contributed by atoms with E-state index in [1.807, 2.05) is 30.3 Å². The molecule has 4 N–H and O–H groups in total. The van der Waals surface area contributed by atoms with Gasteiger partial charge >= 0.3 is 0 Å². The first-order valence-corrected chi connectivity index (χ1v) is 10.7. The van der Waals surface area contributed by atoms with Crippen molar-refractivity contribution >= 4 is 22.9 Å². The summed E-state index contributed by atoms with van der Waals surface area (Å²) in [5.41, 5.74) is 2.64. The summed E-state index contributed by atoms with van der Waals surface area (Å²) in [7, 11) is 1.43. The Morgan fingerprint density at radius 2 is 1.85 bits per heavy atom. The van der Waals surface area contributed by atoms with Gasteiger partial charge in [-0.3, -0.25) is 14.3 Å². The van der Waals surface area contributed by atoms with E-state index >= 15 is 0 Å². The maximum absolute atomic E-state index is 12.1. The van der Waals surface area contributed by atoms with Gasteiger partial charge in [0.05, 0.1) is 6.33 Å². The van der Waals surface area contributed by atoms with Crippen molar-refractivity contribution in [1.29, 1.82) is 0 Å². The Bertz CT molecular complexity index is 1300. The number of aliphatic hydroxyl groups is 2. The minimum atomic E-state index is -1.40. The number of hydrogen-bond acceptors (Lipinski definition) is 9. The number of aliphatic hydroxyl groups excluding tert-OH is 2. The number of pyridine rings is 1. The Morgan fingerprint density at radius 3 is 2.59 bits per heavy atom. The molecule has 11 nitrogen and oxygen atoms in total. The van der Waals surface area contributed by atoms with E-state index in [2.05, 4.69) is 30.6 Å². The normalized spacial score (nSPS) is 22.1. The van der Waals surface area contributed by atoms with Crippen LogP contribution in [0.25, 0.3) is 22.6 Å². The van der Waals surface area contributed by atoms with Crippen LogP contribution in [-0.2, 0) is 16.1 Å². The van der Waals surface area contributed by atoms with Gasteiger partial charge in [-0.25, -0.2) is 15.0 Å². The predicted molar refractivity (Wildman–Crippen MR) is 122 cm³/mol. The van der Waals surface area contributed by atoms with E-state index < -0.39 is 30.4 Å². The predicted octanol–water partition coefficient (Wildman–Crippen LogP) is 0.866. The molecule has 1 aromatic carbocycles. The zero-order valence-electron chi connectivity index (χ0n) is 18.2. The molecule has 1 amide bonds. The van der Waals surface area contributed by atoms with Gasteiger partial charge in [0, 0.05) is 31.5 Å². The van der Waals surface area contributed by atoms with E-state index in [9.17, 15) is 15.0 Å². The van der Waals surface area contributed by atoms with Crippen LogP contribution in [-0.4, -0.2) is 66.0 Å². The van der Waals surface area contributed by atoms with Crippen molar-refractivity contribution in [1.82, 2.24) is 29.8 Å². The quantitative estimate of drug-likeness (QED) is 0.328.